The Kier molecular flexibility index (Phi) is 6.81. The molecule has 156 valence electrons. The Balaban J connectivity index is 1.75. The Labute approximate surface area is 174 Å². The van der Waals surface area contributed by atoms with Crippen molar-refractivity contribution in [2.24, 2.45) is 0 Å². The van der Waals surface area contributed by atoms with Gasteiger partial charge in [-0.3, -0.25) is 4.79 Å². The van der Waals surface area contributed by atoms with Crippen molar-refractivity contribution in [2.75, 3.05) is 5.32 Å². The van der Waals surface area contributed by atoms with Crippen LogP contribution in [0.1, 0.15) is 13.3 Å². The van der Waals surface area contributed by atoms with Gasteiger partial charge in [0.1, 0.15) is 17.6 Å². The number of hydrogen-bond acceptors (Lipinski definition) is 4. The van der Waals surface area contributed by atoms with Gasteiger partial charge in [0, 0.05) is 0 Å². The van der Waals surface area contributed by atoms with Crippen molar-refractivity contribution in [2.45, 2.75) is 24.3 Å². The SMILES string of the molecule is CCC(NS(=O)(=O)c1ccc(F)cc1)C(=O)Nc1ccccc1Oc1ccccc1. The van der Waals surface area contributed by atoms with Gasteiger partial charge in [-0.25, -0.2) is 12.8 Å². The van der Waals surface area contributed by atoms with E-state index < -0.39 is 27.8 Å². The van der Waals surface area contributed by atoms with Crippen molar-refractivity contribution in [3.8, 4) is 11.5 Å². The summed E-state index contributed by atoms with van der Waals surface area (Å²) in [6.45, 7) is 1.68. The fourth-order valence-corrected chi connectivity index (χ4v) is 3.96. The first-order chi connectivity index (χ1) is 14.4. The van der Waals surface area contributed by atoms with Crippen molar-refractivity contribution in [1.29, 1.82) is 0 Å². The van der Waals surface area contributed by atoms with E-state index >= 15 is 0 Å². The number of halogens is 1. The molecule has 8 heteroatoms. The summed E-state index contributed by atoms with van der Waals surface area (Å²) in [5.41, 5.74) is 0.408. The molecule has 0 bridgehead atoms. The van der Waals surface area contributed by atoms with Crippen molar-refractivity contribution >= 4 is 21.6 Å². The van der Waals surface area contributed by atoms with E-state index in [4.69, 9.17) is 4.74 Å². The Morgan fingerprint density at radius 3 is 2.27 bits per heavy atom. The first-order valence-corrected chi connectivity index (χ1v) is 10.8. The normalized spacial score (nSPS) is 12.2. The van der Waals surface area contributed by atoms with Crippen LogP contribution in [0.3, 0.4) is 0 Å². The van der Waals surface area contributed by atoms with Crippen LogP contribution in [-0.4, -0.2) is 20.4 Å². The second-order valence-electron chi connectivity index (χ2n) is 6.44. The summed E-state index contributed by atoms with van der Waals surface area (Å²) in [5.74, 6) is -0.0578. The lowest BCUT2D eigenvalue weighted by Gasteiger charge is -2.18. The fraction of sp³-hybridized carbons (Fsp3) is 0.136. The molecule has 1 unspecified atom stereocenters. The van der Waals surface area contributed by atoms with Crippen LogP contribution >= 0.6 is 0 Å². The summed E-state index contributed by atoms with van der Waals surface area (Å²) in [6, 6.07) is 19.3. The van der Waals surface area contributed by atoms with Gasteiger partial charge < -0.3 is 10.1 Å². The first-order valence-electron chi connectivity index (χ1n) is 9.30. The van der Waals surface area contributed by atoms with Gasteiger partial charge >= 0.3 is 0 Å². The van der Waals surface area contributed by atoms with Gasteiger partial charge in [0.2, 0.25) is 15.9 Å². The molecule has 0 radical (unpaired) electrons. The number of carbonyl (C=O) groups is 1. The van der Waals surface area contributed by atoms with Gasteiger partial charge in [0.05, 0.1) is 10.6 Å². The molecule has 0 spiro atoms. The first kappa shape index (κ1) is 21.5. The lowest BCUT2D eigenvalue weighted by Crippen LogP contribution is -2.43. The highest BCUT2D eigenvalue weighted by Gasteiger charge is 2.25. The standard InChI is InChI=1S/C22H21FN2O4S/c1-2-19(25-30(27,28)18-14-12-16(23)13-15-18)22(26)24-20-10-6-7-11-21(20)29-17-8-4-3-5-9-17/h3-15,19,25H,2H2,1H3,(H,24,26). The molecule has 0 aliphatic carbocycles. The largest absolute Gasteiger partial charge is 0.455 e. The minimum Gasteiger partial charge on any atom is -0.455 e. The lowest BCUT2D eigenvalue weighted by atomic mass is 10.2. The van der Waals surface area contributed by atoms with Crippen molar-refractivity contribution in [3.05, 3.63) is 84.7 Å². The Morgan fingerprint density at radius 2 is 1.60 bits per heavy atom. The van der Waals surface area contributed by atoms with E-state index in [1.165, 1.54) is 0 Å². The number of hydrogen-bond donors (Lipinski definition) is 2. The molecule has 1 amide bonds. The number of sulfonamides is 1. The summed E-state index contributed by atoms with van der Waals surface area (Å²) in [5, 5.41) is 2.71. The number of nitrogens with one attached hydrogen (secondary N) is 2. The van der Waals surface area contributed by atoms with Gasteiger partial charge in [0.25, 0.3) is 0 Å². The molecular formula is C22H21FN2O4S. The molecule has 3 aromatic carbocycles. The van der Waals surface area contributed by atoms with Crippen LogP contribution in [0.5, 0.6) is 11.5 Å². The zero-order valence-corrected chi connectivity index (χ0v) is 17.0. The Bertz CT molecular complexity index is 1100. The molecule has 0 saturated heterocycles. The topological polar surface area (TPSA) is 84.5 Å². The summed E-state index contributed by atoms with van der Waals surface area (Å²) in [7, 11) is -3.99. The second kappa shape index (κ2) is 9.51. The zero-order chi connectivity index (χ0) is 21.6. The molecule has 6 nitrogen and oxygen atoms in total. The summed E-state index contributed by atoms with van der Waals surface area (Å²) in [6.07, 6.45) is 0.216. The number of amides is 1. The maximum atomic E-state index is 13.1. The van der Waals surface area contributed by atoms with E-state index in [1.807, 2.05) is 18.2 Å². The lowest BCUT2D eigenvalue weighted by molar-refractivity contribution is -0.117. The summed E-state index contributed by atoms with van der Waals surface area (Å²) >= 11 is 0. The molecular weight excluding hydrogens is 407 g/mol. The molecule has 1 atom stereocenters. The van der Waals surface area contributed by atoms with Crippen LogP contribution < -0.4 is 14.8 Å². The maximum absolute atomic E-state index is 13.1. The highest BCUT2D eigenvalue weighted by Crippen LogP contribution is 2.29. The number of anilines is 1. The monoisotopic (exact) mass is 428 g/mol. The van der Waals surface area contributed by atoms with Crippen LogP contribution in [0.4, 0.5) is 10.1 Å². The third-order valence-corrected chi connectivity index (χ3v) is 5.75. The van der Waals surface area contributed by atoms with Crippen molar-refractivity contribution < 1.29 is 22.3 Å². The average Bonchev–Trinajstić information content (AvgIpc) is 2.74. The smallest absolute Gasteiger partial charge is 0.242 e. The van der Waals surface area contributed by atoms with E-state index in [9.17, 15) is 17.6 Å². The average molecular weight is 428 g/mol. The molecule has 3 aromatic rings. The van der Waals surface area contributed by atoms with Gasteiger partial charge in [0.15, 0.2) is 5.75 Å². The number of carbonyl (C=O) groups excluding carboxylic acids is 1. The van der Waals surface area contributed by atoms with Crippen molar-refractivity contribution in [1.82, 2.24) is 4.72 Å². The van der Waals surface area contributed by atoms with Gasteiger partial charge in [-0.05, 0) is 55.0 Å². The third kappa shape index (κ3) is 5.43. The minimum absolute atomic E-state index is 0.122. The highest BCUT2D eigenvalue weighted by molar-refractivity contribution is 7.89. The highest BCUT2D eigenvalue weighted by atomic mass is 32.2. The molecule has 2 N–H and O–H groups in total. The fourth-order valence-electron chi connectivity index (χ4n) is 2.69. The quantitative estimate of drug-likeness (QED) is 0.560. The zero-order valence-electron chi connectivity index (χ0n) is 16.2. The van der Waals surface area contributed by atoms with Crippen molar-refractivity contribution in [3.63, 3.8) is 0 Å². The van der Waals surface area contributed by atoms with E-state index in [1.54, 1.807) is 43.3 Å². The van der Waals surface area contributed by atoms with Gasteiger partial charge in [-0.2, -0.15) is 4.72 Å². The Morgan fingerprint density at radius 1 is 0.967 bits per heavy atom. The Hall–Kier alpha value is -3.23. The van der Waals surface area contributed by atoms with E-state index in [-0.39, 0.29) is 11.3 Å². The van der Waals surface area contributed by atoms with Crippen LogP contribution in [0.25, 0.3) is 0 Å². The molecule has 0 saturated carbocycles. The number of benzene rings is 3. The van der Waals surface area contributed by atoms with Crippen LogP contribution in [0, 0.1) is 5.82 Å². The third-order valence-electron chi connectivity index (χ3n) is 4.26. The summed E-state index contributed by atoms with van der Waals surface area (Å²) < 4.78 is 46.3. The molecule has 3 rings (SSSR count). The molecule has 0 fully saturated rings. The predicted octanol–water partition coefficient (Wildman–Crippen LogP) is 4.31. The molecule has 0 aromatic heterocycles. The van der Waals surface area contributed by atoms with Gasteiger partial charge in [-0.15, -0.1) is 0 Å². The van der Waals surface area contributed by atoms with Crippen LogP contribution in [0.15, 0.2) is 83.8 Å². The van der Waals surface area contributed by atoms with E-state index in [2.05, 4.69) is 10.0 Å². The molecule has 0 heterocycles. The van der Waals surface area contributed by atoms with E-state index in [0.717, 1.165) is 24.3 Å². The van der Waals surface area contributed by atoms with Gasteiger partial charge in [-0.1, -0.05) is 37.3 Å². The van der Waals surface area contributed by atoms with Crippen LogP contribution in [0.2, 0.25) is 0 Å². The molecule has 0 aliphatic heterocycles. The van der Waals surface area contributed by atoms with Crippen LogP contribution in [-0.2, 0) is 14.8 Å². The minimum atomic E-state index is -3.99. The number of rotatable bonds is 8. The molecule has 30 heavy (non-hydrogen) atoms. The number of para-hydroxylation sites is 3. The summed E-state index contributed by atoms with van der Waals surface area (Å²) in [4.78, 5) is 12.6. The molecule has 0 aliphatic rings. The van der Waals surface area contributed by atoms with E-state index in [0.29, 0.717) is 17.2 Å². The number of ether oxygens (including phenoxy) is 1. The predicted molar refractivity (Wildman–Crippen MR) is 112 cm³/mol. The second-order valence-corrected chi connectivity index (χ2v) is 8.15. The maximum Gasteiger partial charge on any atom is 0.242 e.